The van der Waals surface area contributed by atoms with E-state index in [0.29, 0.717) is 17.0 Å². The Morgan fingerprint density at radius 2 is 2.04 bits per heavy atom. The van der Waals surface area contributed by atoms with E-state index in [9.17, 15) is 9.59 Å². The van der Waals surface area contributed by atoms with Crippen molar-refractivity contribution in [3.8, 4) is 0 Å². The number of hydrogen-bond acceptors (Lipinski definition) is 5. The fourth-order valence-electron chi connectivity index (χ4n) is 2.32. The second kappa shape index (κ2) is 6.93. The Morgan fingerprint density at radius 3 is 2.62 bits per heavy atom. The molecule has 0 N–H and O–H groups in total. The quantitative estimate of drug-likeness (QED) is 0.709. The summed E-state index contributed by atoms with van der Waals surface area (Å²) < 4.78 is 11.3. The highest BCUT2D eigenvalue weighted by molar-refractivity contribution is 9.10. The molecule has 0 fully saturated rings. The zero-order valence-corrected chi connectivity index (χ0v) is 16.1. The van der Waals surface area contributed by atoms with E-state index in [0.717, 1.165) is 10.0 Å². The summed E-state index contributed by atoms with van der Waals surface area (Å²) in [6, 6.07) is 0. The predicted molar refractivity (Wildman–Crippen MR) is 94.9 cm³/mol. The van der Waals surface area contributed by atoms with Crippen LogP contribution >= 0.6 is 15.9 Å². The number of rotatable bonds is 2. The molecular weight excluding hydrogens is 376 g/mol. The van der Waals surface area contributed by atoms with Gasteiger partial charge in [-0.15, -0.1) is 0 Å². The molecule has 1 aromatic heterocycles. The molecule has 7 heteroatoms. The van der Waals surface area contributed by atoms with Gasteiger partial charge in [0.25, 0.3) is 0 Å². The number of ether oxygens (including phenoxy) is 2. The molecular formula is C17H21BrN2O4. The third kappa shape index (κ3) is 3.95. The number of nitrogens with zero attached hydrogens (tertiary/aromatic N) is 2. The van der Waals surface area contributed by atoms with Crippen molar-refractivity contribution < 1.29 is 19.1 Å². The van der Waals surface area contributed by atoms with Crippen molar-refractivity contribution in [1.29, 1.82) is 0 Å². The molecule has 0 bridgehead atoms. The van der Waals surface area contributed by atoms with Crippen LogP contribution in [0.1, 0.15) is 39.0 Å². The number of carbonyl (C=O) groups excluding carboxylic acids is 2. The van der Waals surface area contributed by atoms with Gasteiger partial charge in [0.15, 0.2) is 0 Å². The summed E-state index contributed by atoms with van der Waals surface area (Å²) >= 11 is 3.43. The highest BCUT2D eigenvalue weighted by Gasteiger charge is 2.32. The molecule has 1 aromatic rings. The lowest BCUT2D eigenvalue weighted by molar-refractivity contribution is -0.138. The van der Waals surface area contributed by atoms with Gasteiger partial charge in [-0.1, -0.05) is 0 Å². The van der Waals surface area contributed by atoms with Crippen molar-refractivity contribution >= 4 is 39.8 Å². The normalized spacial score (nSPS) is 13.9. The van der Waals surface area contributed by atoms with Crippen LogP contribution in [-0.2, 0) is 14.3 Å². The van der Waals surface area contributed by atoms with Crippen molar-refractivity contribution in [3.05, 3.63) is 27.5 Å². The van der Waals surface area contributed by atoms with Crippen molar-refractivity contribution in [3.63, 3.8) is 0 Å². The highest BCUT2D eigenvalue weighted by atomic mass is 79.9. The van der Waals surface area contributed by atoms with Crippen LogP contribution in [-0.4, -0.2) is 35.8 Å². The molecule has 0 spiro atoms. The minimum absolute atomic E-state index is 0.0831. The van der Waals surface area contributed by atoms with Crippen molar-refractivity contribution in [2.24, 2.45) is 0 Å². The van der Waals surface area contributed by atoms with Crippen LogP contribution in [0.15, 0.2) is 16.2 Å². The van der Waals surface area contributed by atoms with E-state index in [4.69, 9.17) is 9.47 Å². The molecule has 0 aliphatic carbocycles. The number of aromatic nitrogens is 1. The molecule has 130 valence electrons. The van der Waals surface area contributed by atoms with Gasteiger partial charge in [-0.2, -0.15) is 0 Å². The molecule has 1 amide bonds. The van der Waals surface area contributed by atoms with Crippen LogP contribution < -0.4 is 4.90 Å². The number of fused-ring (bicyclic) bond motifs is 1. The zero-order chi connectivity index (χ0) is 18.1. The van der Waals surface area contributed by atoms with Crippen LogP contribution in [0.2, 0.25) is 0 Å². The van der Waals surface area contributed by atoms with Crippen LogP contribution in [0.4, 0.5) is 10.5 Å². The second-order valence-corrected chi connectivity index (χ2v) is 7.28. The van der Waals surface area contributed by atoms with Crippen molar-refractivity contribution in [1.82, 2.24) is 4.98 Å². The highest BCUT2D eigenvalue weighted by Crippen LogP contribution is 2.35. The van der Waals surface area contributed by atoms with E-state index >= 15 is 0 Å². The first-order valence-corrected chi connectivity index (χ1v) is 8.46. The topological polar surface area (TPSA) is 68.7 Å². The molecule has 0 radical (unpaired) electrons. The van der Waals surface area contributed by atoms with Gasteiger partial charge in [0.05, 0.1) is 30.1 Å². The van der Waals surface area contributed by atoms with Gasteiger partial charge < -0.3 is 9.47 Å². The molecule has 0 saturated heterocycles. The first-order valence-electron chi connectivity index (χ1n) is 7.67. The summed E-state index contributed by atoms with van der Waals surface area (Å²) in [4.78, 5) is 30.5. The lowest BCUT2D eigenvalue weighted by Crippen LogP contribution is -2.41. The summed E-state index contributed by atoms with van der Waals surface area (Å²) in [6.45, 7) is 9.35. The molecule has 1 aliphatic heterocycles. The second-order valence-electron chi connectivity index (χ2n) is 6.42. The lowest BCUT2D eigenvalue weighted by Gasteiger charge is -2.32. The minimum Gasteiger partial charge on any atom is -0.463 e. The van der Waals surface area contributed by atoms with Gasteiger partial charge in [-0.25, -0.2) is 9.59 Å². The number of halogens is 1. The van der Waals surface area contributed by atoms with Gasteiger partial charge in [-0.05, 0) is 62.2 Å². The molecule has 24 heavy (non-hydrogen) atoms. The van der Waals surface area contributed by atoms with Gasteiger partial charge >= 0.3 is 12.1 Å². The average Bonchev–Trinajstić information content (AvgIpc) is 2.48. The first-order chi connectivity index (χ1) is 11.1. The first kappa shape index (κ1) is 18.4. The summed E-state index contributed by atoms with van der Waals surface area (Å²) in [5.74, 6) is -0.459. The molecule has 6 nitrogen and oxygen atoms in total. The Labute approximate surface area is 150 Å². The Hall–Kier alpha value is -1.89. The molecule has 2 heterocycles. The van der Waals surface area contributed by atoms with Crippen molar-refractivity contribution in [2.75, 3.05) is 18.1 Å². The third-order valence-electron chi connectivity index (χ3n) is 3.33. The smallest absolute Gasteiger partial charge is 0.415 e. The standard InChI is InChI=1S/C17H21BrN2O4/c1-6-23-15(21)11-7-13-14(10(2)12(18)8-19-13)20(9-11)16(22)24-17(3,4)5/h7-8H,6,9H2,1-5H3. The van der Waals surface area contributed by atoms with E-state index in [1.54, 1.807) is 40.0 Å². The van der Waals surface area contributed by atoms with E-state index in [1.807, 2.05) is 6.92 Å². The number of hydrogen-bond donors (Lipinski definition) is 0. The van der Waals surface area contributed by atoms with Gasteiger partial charge in [-0.3, -0.25) is 9.88 Å². The summed E-state index contributed by atoms with van der Waals surface area (Å²) in [7, 11) is 0. The Kier molecular flexibility index (Phi) is 5.32. The SMILES string of the molecule is CCOC(=O)C1=Cc2ncc(Br)c(C)c2N(C(=O)OC(C)(C)C)C1. The maximum Gasteiger partial charge on any atom is 0.415 e. The van der Waals surface area contributed by atoms with Crippen LogP contribution in [0.3, 0.4) is 0 Å². The lowest BCUT2D eigenvalue weighted by atomic mass is 10.0. The monoisotopic (exact) mass is 396 g/mol. The van der Waals surface area contributed by atoms with Crippen LogP contribution in [0, 0.1) is 6.92 Å². The van der Waals surface area contributed by atoms with Crippen molar-refractivity contribution in [2.45, 2.75) is 40.2 Å². The fraction of sp³-hybridized carbons (Fsp3) is 0.471. The molecule has 0 aromatic carbocycles. The molecule has 0 atom stereocenters. The summed E-state index contributed by atoms with van der Waals surface area (Å²) in [5, 5.41) is 0. The number of carbonyl (C=O) groups is 2. The minimum atomic E-state index is -0.643. The largest absolute Gasteiger partial charge is 0.463 e. The number of esters is 1. The number of amides is 1. The number of anilines is 1. The van der Waals surface area contributed by atoms with Crippen LogP contribution in [0.5, 0.6) is 0 Å². The Bertz CT molecular complexity index is 707. The Balaban J connectivity index is 2.49. The van der Waals surface area contributed by atoms with Crippen LogP contribution in [0.25, 0.3) is 6.08 Å². The van der Waals surface area contributed by atoms with E-state index in [2.05, 4.69) is 20.9 Å². The molecule has 1 aliphatic rings. The average molecular weight is 397 g/mol. The predicted octanol–water partition coefficient (Wildman–Crippen LogP) is 3.85. The molecule has 0 saturated carbocycles. The number of pyridine rings is 1. The van der Waals surface area contributed by atoms with Gasteiger partial charge in [0.2, 0.25) is 0 Å². The summed E-state index contributed by atoms with van der Waals surface area (Å²) in [6.07, 6.45) is 2.78. The third-order valence-corrected chi connectivity index (χ3v) is 4.13. The van der Waals surface area contributed by atoms with E-state index in [1.165, 1.54) is 4.90 Å². The fourth-order valence-corrected chi connectivity index (χ4v) is 2.61. The van der Waals surface area contributed by atoms with Gasteiger partial charge in [0, 0.05) is 10.7 Å². The molecule has 2 rings (SSSR count). The maximum absolute atomic E-state index is 12.6. The van der Waals surface area contributed by atoms with Gasteiger partial charge in [0.1, 0.15) is 5.60 Å². The summed E-state index contributed by atoms with van der Waals surface area (Å²) in [5.41, 5.74) is 1.74. The van der Waals surface area contributed by atoms with E-state index < -0.39 is 17.7 Å². The maximum atomic E-state index is 12.6. The van der Waals surface area contributed by atoms with E-state index in [-0.39, 0.29) is 13.2 Å². The Morgan fingerprint density at radius 1 is 1.38 bits per heavy atom. The molecule has 0 unspecified atom stereocenters. The zero-order valence-electron chi connectivity index (χ0n) is 14.5.